The second kappa shape index (κ2) is 4.06. The lowest BCUT2D eigenvalue weighted by molar-refractivity contribution is 0.0653. The number of oxime groups is 1. The molecule has 0 atom stereocenters. The smallest absolute Gasteiger partial charge is 0.259 e. The molecule has 2 heterocycles. The SMILES string of the molecule is NS(=O)(=O)c1cnccc1C1=NOCCO1. The van der Waals surface area contributed by atoms with Crippen LogP contribution in [0.1, 0.15) is 5.56 Å². The van der Waals surface area contributed by atoms with E-state index in [9.17, 15) is 8.42 Å². The first-order valence-electron chi connectivity index (χ1n) is 4.39. The number of rotatable bonds is 2. The minimum absolute atomic E-state index is 0.0951. The van der Waals surface area contributed by atoms with E-state index in [2.05, 4.69) is 10.1 Å². The largest absolute Gasteiger partial charge is 0.471 e. The molecule has 2 rings (SSSR count). The van der Waals surface area contributed by atoms with Gasteiger partial charge in [-0.1, -0.05) is 0 Å². The molecule has 1 aromatic rings. The van der Waals surface area contributed by atoms with Crippen LogP contribution in [0.3, 0.4) is 0 Å². The van der Waals surface area contributed by atoms with Gasteiger partial charge < -0.3 is 9.57 Å². The van der Waals surface area contributed by atoms with Crippen LogP contribution in [0.15, 0.2) is 28.5 Å². The van der Waals surface area contributed by atoms with Crippen LogP contribution in [0.5, 0.6) is 0 Å². The molecule has 1 aliphatic rings. The molecule has 0 amide bonds. The van der Waals surface area contributed by atoms with Crippen LogP contribution < -0.4 is 5.14 Å². The van der Waals surface area contributed by atoms with Crippen LogP contribution >= 0.6 is 0 Å². The summed E-state index contributed by atoms with van der Waals surface area (Å²) in [6, 6.07) is 1.45. The molecule has 0 fully saturated rings. The third-order valence-corrected chi connectivity index (χ3v) is 2.82. The fourth-order valence-electron chi connectivity index (χ4n) is 1.22. The van der Waals surface area contributed by atoms with Crippen molar-refractivity contribution < 1.29 is 18.0 Å². The van der Waals surface area contributed by atoms with E-state index in [-0.39, 0.29) is 16.4 Å². The first-order chi connectivity index (χ1) is 7.59. The molecule has 1 aliphatic heterocycles. The fourth-order valence-corrected chi connectivity index (χ4v) is 1.89. The molecule has 7 nitrogen and oxygen atoms in total. The molecular formula is C8H9N3O4S. The number of nitrogens with zero attached hydrogens (tertiary/aromatic N) is 2. The van der Waals surface area contributed by atoms with E-state index in [1.54, 1.807) is 0 Å². The maximum absolute atomic E-state index is 11.3. The maximum Gasteiger partial charge on any atom is 0.259 e. The zero-order chi connectivity index (χ0) is 11.6. The monoisotopic (exact) mass is 243 g/mol. The van der Waals surface area contributed by atoms with Crippen LogP contribution in [0, 0.1) is 0 Å². The third-order valence-electron chi connectivity index (χ3n) is 1.88. The van der Waals surface area contributed by atoms with E-state index in [0.717, 1.165) is 6.20 Å². The van der Waals surface area contributed by atoms with Gasteiger partial charge in [-0.2, -0.15) is 0 Å². The maximum atomic E-state index is 11.3. The van der Waals surface area contributed by atoms with Gasteiger partial charge in [0.25, 0.3) is 5.90 Å². The molecule has 0 radical (unpaired) electrons. The molecule has 0 spiro atoms. The Kier molecular flexibility index (Phi) is 2.75. The van der Waals surface area contributed by atoms with Gasteiger partial charge in [0.05, 0.1) is 5.56 Å². The standard InChI is InChI=1S/C8H9N3O4S/c9-16(12,13)7-5-10-2-1-6(7)8-11-15-4-3-14-8/h1-2,5H,3-4H2,(H2,9,12,13). The van der Waals surface area contributed by atoms with Gasteiger partial charge in [0, 0.05) is 12.4 Å². The number of hydrogen-bond donors (Lipinski definition) is 1. The average Bonchev–Trinajstić information content (AvgIpc) is 2.29. The summed E-state index contributed by atoms with van der Waals surface area (Å²) >= 11 is 0. The van der Waals surface area contributed by atoms with Crippen LogP contribution in [-0.2, 0) is 19.6 Å². The normalized spacial score (nSPS) is 15.9. The van der Waals surface area contributed by atoms with Crippen LogP contribution in [0.25, 0.3) is 0 Å². The molecule has 86 valence electrons. The van der Waals surface area contributed by atoms with E-state index in [4.69, 9.17) is 14.7 Å². The summed E-state index contributed by atoms with van der Waals surface area (Å²) in [6.07, 6.45) is 2.57. The summed E-state index contributed by atoms with van der Waals surface area (Å²) in [7, 11) is -3.86. The highest BCUT2D eigenvalue weighted by atomic mass is 32.2. The number of sulfonamides is 1. The van der Waals surface area contributed by atoms with Crippen LogP contribution in [0.4, 0.5) is 0 Å². The summed E-state index contributed by atoms with van der Waals surface area (Å²) in [5.41, 5.74) is 0.247. The van der Waals surface area contributed by atoms with Gasteiger partial charge in [-0.25, -0.2) is 13.6 Å². The van der Waals surface area contributed by atoms with Crippen molar-refractivity contribution in [2.45, 2.75) is 4.90 Å². The molecule has 0 saturated carbocycles. The second-order valence-electron chi connectivity index (χ2n) is 2.99. The van der Waals surface area contributed by atoms with E-state index in [1.807, 2.05) is 0 Å². The predicted octanol–water partition coefficient (Wildman–Crippen LogP) is -0.563. The zero-order valence-corrected chi connectivity index (χ0v) is 8.98. The van der Waals surface area contributed by atoms with Gasteiger partial charge in [-0.15, -0.1) is 0 Å². The number of hydrogen-bond acceptors (Lipinski definition) is 6. The Labute approximate surface area is 91.9 Å². The van der Waals surface area contributed by atoms with E-state index in [1.165, 1.54) is 12.3 Å². The van der Waals surface area contributed by atoms with Crippen molar-refractivity contribution in [2.75, 3.05) is 13.2 Å². The van der Waals surface area contributed by atoms with Gasteiger partial charge in [0.15, 0.2) is 6.61 Å². The molecule has 8 heteroatoms. The van der Waals surface area contributed by atoms with Crippen molar-refractivity contribution in [1.82, 2.24) is 4.98 Å². The summed E-state index contributed by atoms with van der Waals surface area (Å²) in [6.45, 7) is 0.643. The first-order valence-corrected chi connectivity index (χ1v) is 5.93. The summed E-state index contributed by atoms with van der Waals surface area (Å²) < 4.78 is 27.7. The van der Waals surface area contributed by atoms with Crippen LogP contribution in [-0.4, -0.2) is 32.5 Å². The molecule has 0 bridgehead atoms. The Morgan fingerprint density at radius 2 is 2.19 bits per heavy atom. The van der Waals surface area contributed by atoms with Crippen molar-refractivity contribution in [3.63, 3.8) is 0 Å². The summed E-state index contributed by atoms with van der Waals surface area (Å²) in [4.78, 5) is 8.37. The Morgan fingerprint density at radius 3 is 2.81 bits per heavy atom. The Balaban J connectivity index is 2.52. The first kappa shape index (κ1) is 10.8. The highest BCUT2D eigenvalue weighted by Gasteiger charge is 2.21. The van der Waals surface area contributed by atoms with Gasteiger partial charge >= 0.3 is 0 Å². The van der Waals surface area contributed by atoms with E-state index in [0.29, 0.717) is 13.2 Å². The van der Waals surface area contributed by atoms with Gasteiger partial charge in [0.1, 0.15) is 11.5 Å². The number of nitrogens with two attached hydrogens (primary N) is 1. The second-order valence-corrected chi connectivity index (χ2v) is 4.52. The quantitative estimate of drug-likeness (QED) is 0.749. The van der Waals surface area contributed by atoms with Crippen molar-refractivity contribution >= 4 is 15.9 Å². The molecule has 16 heavy (non-hydrogen) atoms. The number of aromatic nitrogens is 1. The topological polar surface area (TPSA) is 104 Å². The van der Waals surface area contributed by atoms with Gasteiger partial charge in [-0.3, -0.25) is 4.98 Å². The van der Waals surface area contributed by atoms with Crippen LogP contribution in [0.2, 0.25) is 0 Å². The summed E-state index contributed by atoms with van der Waals surface area (Å²) in [5, 5.41) is 8.67. The molecule has 1 aromatic heterocycles. The lowest BCUT2D eigenvalue weighted by atomic mass is 10.2. The highest BCUT2D eigenvalue weighted by molar-refractivity contribution is 7.89. The predicted molar refractivity (Wildman–Crippen MR) is 54.1 cm³/mol. The lowest BCUT2D eigenvalue weighted by Gasteiger charge is -2.14. The number of primary sulfonamides is 1. The lowest BCUT2D eigenvalue weighted by Crippen LogP contribution is -2.22. The van der Waals surface area contributed by atoms with Gasteiger partial charge in [0.2, 0.25) is 10.0 Å². The molecule has 0 unspecified atom stereocenters. The Hall–Kier alpha value is -1.67. The van der Waals surface area contributed by atoms with Crippen molar-refractivity contribution in [2.24, 2.45) is 10.3 Å². The molecular weight excluding hydrogens is 234 g/mol. The zero-order valence-electron chi connectivity index (χ0n) is 8.16. The fraction of sp³-hybridized carbons (Fsp3) is 0.250. The molecule has 0 aromatic carbocycles. The number of ether oxygens (including phenoxy) is 1. The molecule has 0 saturated heterocycles. The van der Waals surface area contributed by atoms with Crippen molar-refractivity contribution in [3.8, 4) is 0 Å². The average molecular weight is 243 g/mol. The summed E-state index contributed by atoms with van der Waals surface area (Å²) in [5.74, 6) is 0.0951. The van der Waals surface area contributed by atoms with Gasteiger partial charge in [-0.05, 0) is 11.2 Å². The van der Waals surface area contributed by atoms with E-state index < -0.39 is 10.0 Å². The van der Waals surface area contributed by atoms with E-state index >= 15 is 0 Å². The highest BCUT2D eigenvalue weighted by Crippen LogP contribution is 2.15. The Bertz CT molecular complexity index is 526. The number of pyridine rings is 1. The minimum atomic E-state index is -3.86. The third kappa shape index (κ3) is 2.12. The molecule has 0 aliphatic carbocycles. The van der Waals surface area contributed by atoms with Crippen molar-refractivity contribution in [3.05, 3.63) is 24.0 Å². The minimum Gasteiger partial charge on any atom is -0.471 e. The molecule has 2 N–H and O–H groups in total. The van der Waals surface area contributed by atoms with Crippen molar-refractivity contribution in [1.29, 1.82) is 0 Å². The Morgan fingerprint density at radius 1 is 1.38 bits per heavy atom.